The predicted molar refractivity (Wildman–Crippen MR) is 63.9 cm³/mol. The first kappa shape index (κ1) is 10.9. The van der Waals surface area contributed by atoms with E-state index in [2.05, 4.69) is 21.0 Å². The molecule has 0 aliphatic heterocycles. The second-order valence-electron chi connectivity index (χ2n) is 3.37. The van der Waals surface area contributed by atoms with Crippen LogP contribution in [0, 0.1) is 0 Å². The second-order valence-corrected chi connectivity index (χ2v) is 5.28. The smallest absolute Gasteiger partial charge is 0.103 e. The van der Waals surface area contributed by atoms with E-state index in [1.807, 2.05) is 30.8 Å². The number of aryl methyl sites for hydroxylation is 1. The van der Waals surface area contributed by atoms with Crippen molar-refractivity contribution in [1.29, 1.82) is 0 Å². The molecule has 0 bridgehead atoms. The van der Waals surface area contributed by atoms with Gasteiger partial charge in [-0.3, -0.25) is 4.68 Å². The Hall–Kier alpha value is -0.650. The Labute approximate surface area is 100 Å². The van der Waals surface area contributed by atoms with Crippen molar-refractivity contribution in [1.82, 2.24) is 9.78 Å². The Kier molecular flexibility index (Phi) is 3.23. The minimum Gasteiger partial charge on any atom is -0.386 e. The van der Waals surface area contributed by atoms with Gasteiger partial charge in [0.25, 0.3) is 0 Å². The number of hydrogen-bond donors (Lipinski definition) is 1. The van der Waals surface area contributed by atoms with E-state index in [1.54, 1.807) is 16.0 Å². The minimum absolute atomic E-state index is 0.517. The number of rotatable bonds is 3. The molecule has 1 atom stereocenters. The van der Waals surface area contributed by atoms with Gasteiger partial charge >= 0.3 is 0 Å². The Morgan fingerprint density at radius 2 is 2.47 bits per heavy atom. The average molecular weight is 287 g/mol. The molecule has 0 saturated heterocycles. The zero-order valence-corrected chi connectivity index (χ0v) is 10.6. The van der Waals surface area contributed by atoms with Gasteiger partial charge in [-0.05, 0) is 28.1 Å². The molecule has 1 N–H and O–H groups in total. The third-order valence-electron chi connectivity index (χ3n) is 2.09. The van der Waals surface area contributed by atoms with Gasteiger partial charge in [0.15, 0.2) is 0 Å². The van der Waals surface area contributed by atoms with Crippen LogP contribution in [0.25, 0.3) is 0 Å². The van der Waals surface area contributed by atoms with E-state index in [1.165, 1.54) is 0 Å². The summed E-state index contributed by atoms with van der Waals surface area (Å²) in [5, 5.41) is 16.1. The monoisotopic (exact) mass is 286 g/mol. The SMILES string of the molecule is Cn1ccc(C(O)Cc2cc(Br)cs2)n1. The molecule has 3 nitrogen and oxygen atoms in total. The first-order chi connectivity index (χ1) is 7.15. The minimum atomic E-state index is -0.517. The van der Waals surface area contributed by atoms with Gasteiger partial charge in [-0.25, -0.2) is 0 Å². The Bertz CT molecular complexity index is 452. The maximum absolute atomic E-state index is 9.91. The summed E-state index contributed by atoms with van der Waals surface area (Å²) in [6, 6.07) is 3.87. The van der Waals surface area contributed by atoms with Crippen LogP contribution in [0.15, 0.2) is 28.2 Å². The molecule has 0 aromatic carbocycles. The van der Waals surface area contributed by atoms with E-state index in [4.69, 9.17) is 0 Å². The molecule has 0 spiro atoms. The van der Waals surface area contributed by atoms with Gasteiger partial charge in [0.1, 0.15) is 6.10 Å². The van der Waals surface area contributed by atoms with E-state index in [-0.39, 0.29) is 0 Å². The summed E-state index contributed by atoms with van der Waals surface area (Å²) in [6.07, 6.45) is 1.94. The van der Waals surface area contributed by atoms with Crippen LogP contribution >= 0.6 is 27.3 Å². The van der Waals surface area contributed by atoms with Crippen LogP contribution in [0.3, 0.4) is 0 Å². The lowest BCUT2D eigenvalue weighted by atomic mass is 10.2. The number of aliphatic hydroxyl groups is 1. The fourth-order valence-corrected chi connectivity index (χ4v) is 2.86. The number of aliphatic hydroxyl groups excluding tert-OH is 1. The molecule has 0 amide bonds. The van der Waals surface area contributed by atoms with Gasteiger partial charge in [0.05, 0.1) is 5.69 Å². The number of thiophene rings is 1. The number of aromatic nitrogens is 2. The molecule has 15 heavy (non-hydrogen) atoms. The normalized spacial score (nSPS) is 13.0. The van der Waals surface area contributed by atoms with Crippen LogP contribution in [0.4, 0.5) is 0 Å². The van der Waals surface area contributed by atoms with Crippen molar-refractivity contribution >= 4 is 27.3 Å². The highest BCUT2D eigenvalue weighted by atomic mass is 79.9. The number of hydrogen-bond acceptors (Lipinski definition) is 3. The third kappa shape index (κ3) is 2.68. The summed E-state index contributed by atoms with van der Waals surface area (Å²) < 4.78 is 2.76. The molecular weight excluding hydrogens is 276 g/mol. The van der Waals surface area contributed by atoms with E-state index in [9.17, 15) is 5.11 Å². The summed E-state index contributed by atoms with van der Waals surface area (Å²) >= 11 is 5.03. The first-order valence-electron chi connectivity index (χ1n) is 4.55. The molecule has 1 unspecified atom stereocenters. The largest absolute Gasteiger partial charge is 0.386 e. The van der Waals surface area contributed by atoms with Gasteiger partial charge in [-0.1, -0.05) is 0 Å². The lowest BCUT2D eigenvalue weighted by Crippen LogP contribution is -2.02. The summed E-state index contributed by atoms with van der Waals surface area (Å²) in [6.45, 7) is 0. The standard InChI is InChI=1S/C10H11BrN2OS/c1-13-3-2-9(12-13)10(14)5-8-4-7(11)6-15-8/h2-4,6,10,14H,5H2,1H3. The van der Waals surface area contributed by atoms with E-state index in [0.717, 1.165) is 15.0 Å². The predicted octanol–water partition coefficient (Wildman–Crippen LogP) is 2.52. The van der Waals surface area contributed by atoms with E-state index < -0.39 is 6.10 Å². The van der Waals surface area contributed by atoms with Crippen LogP contribution < -0.4 is 0 Å². The molecule has 0 aliphatic carbocycles. The van der Waals surface area contributed by atoms with Gasteiger partial charge in [0.2, 0.25) is 0 Å². The summed E-state index contributed by atoms with van der Waals surface area (Å²) in [7, 11) is 1.85. The molecule has 5 heteroatoms. The summed E-state index contributed by atoms with van der Waals surface area (Å²) in [4.78, 5) is 1.15. The quantitative estimate of drug-likeness (QED) is 0.942. The summed E-state index contributed by atoms with van der Waals surface area (Å²) in [5.74, 6) is 0. The van der Waals surface area contributed by atoms with Crippen molar-refractivity contribution in [3.63, 3.8) is 0 Å². The Balaban J connectivity index is 2.06. The molecule has 2 aromatic rings. The zero-order chi connectivity index (χ0) is 10.8. The zero-order valence-electron chi connectivity index (χ0n) is 8.22. The Morgan fingerprint density at radius 1 is 1.67 bits per heavy atom. The van der Waals surface area contributed by atoms with Crippen molar-refractivity contribution in [2.24, 2.45) is 7.05 Å². The Morgan fingerprint density at radius 3 is 3.00 bits per heavy atom. The molecule has 2 heterocycles. The van der Waals surface area contributed by atoms with Crippen LogP contribution in [-0.4, -0.2) is 14.9 Å². The molecule has 2 aromatic heterocycles. The lowest BCUT2D eigenvalue weighted by molar-refractivity contribution is 0.173. The van der Waals surface area contributed by atoms with Crippen molar-refractivity contribution in [2.45, 2.75) is 12.5 Å². The van der Waals surface area contributed by atoms with Gasteiger partial charge in [-0.15, -0.1) is 11.3 Å². The van der Waals surface area contributed by atoms with E-state index >= 15 is 0 Å². The molecule has 0 saturated carbocycles. The number of halogens is 1. The molecule has 0 fully saturated rings. The lowest BCUT2D eigenvalue weighted by Gasteiger charge is -2.04. The third-order valence-corrected chi connectivity index (χ3v) is 3.81. The molecule has 0 aliphatic rings. The maximum atomic E-state index is 9.91. The highest BCUT2D eigenvalue weighted by Crippen LogP contribution is 2.24. The van der Waals surface area contributed by atoms with Crippen LogP contribution in [0.1, 0.15) is 16.7 Å². The van der Waals surface area contributed by atoms with E-state index in [0.29, 0.717) is 6.42 Å². The molecular formula is C10H11BrN2OS. The van der Waals surface area contributed by atoms with Crippen LogP contribution in [0.5, 0.6) is 0 Å². The molecule has 80 valence electrons. The topological polar surface area (TPSA) is 38.0 Å². The molecule has 0 radical (unpaired) electrons. The second kappa shape index (κ2) is 4.47. The van der Waals surface area contributed by atoms with Crippen molar-refractivity contribution < 1.29 is 5.11 Å². The fraction of sp³-hybridized carbons (Fsp3) is 0.300. The van der Waals surface area contributed by atoms with Crippen molar-refractivity contribution in [3.05, 3.63) is 38.8 Å². The number of nitrogens with zero attached hydrogens (tertiary/aromatic N) is 2. The average Bonchev–Trinajstić information content (AvgIpc) is 2.75. The maximum Gasteiger partial charge on any atom is 0.103 e. The van der Waals surface area contributed by atoms with Crippen LogP contribution in [-0.2, 0) is 13.5 Å². The van der Waals surface area contributed by atoms with Crippen LogP contribution in [0.2, 0.25) is 0 Å². The molecule has 2 rings (SSSR count). The van der Waals surface area contributed by atoms with Crippen molar-refractivity contribution in [2.75, 3.05) is 0 Å². The van der Waals surface area contributed by atoms with Gasteiger partial charge in [-0.2, -0.15) is 5.10 Å². The van der Waals surface area contributed by atoms with Gasteiger partial charge < -0.3 is 5.11 Å². The summed E-state index contributed by atoms with van der Waals surface area (Å²) in [5.41, 5.74) is 0.724. The highest BCUT2D eigenvalue weighted by Gasteiger charge is 2.12. The van der Waals surface area contributed by atoms with Gasteiger partial charge in [0, 0.05) is 34.4 Å². The fourth-order valence-electron chi connectivity index (χ4n) is 1.37. The first-order valence-corrected chi connectivity index (χ1v) is 6.23. The van der Waals surface area contributed by atoms with Crippen molar-refractivity contribution in [3.8, 4) is 0 Å². The highest BCUT2D eigenvalue weighted by molar-refractivity contribution is 9.10.